The van der Waals surface area contributed by atoms with Crippen molar-refractivity contribution < 1.29 is 9.90 Å². The maximum absolute atomic E-state index is 12.2. The lowest BCUT2D eigenvalue weighted by Crippen LogP contribution is -2.13. The SMILES string of the molecule is CCC(C)c1ccc(NC(=O)C(C#N)=Cc2cccc(O)c2)cc1. The molecule has 0 saturated heterocycles. The molecule has 2 rings (SSSR count). The van der Waals surface area contributed by atoms with Gasteiger partial charge in [0.2, 0.25) is 0 Å². The molecule has 2 aromatic rings. The Hall–Kier alpha value is -3.06. The second kappa shape index (κ2) is 7.98. The standard InChI is InChI=1S/C20H20N2O2/c1-3-14(2)16-7-9-18(10-8-16)22-20(24)17(13-21)11-15-5-4-6-19(23)12-15/h4-12,14,23H,3H2,1-2H3,(H,22,24). The van der Waals surface area contributed by atoms with E-state index in [4.69, 9.17) is 0 Å². The largest absolute Gasteiger partial charge is 0.508 e. The van der Waals surface area contributed by atoms with E-state index >= 15 is 0 Å². The number of carbonyl (C=O) groups is 1. The first-order valence-corrected chi connectivity index (χ1v) is 7.85. The summed E-state index contributed by atoms with van der Waals surface area (Å²) in [7, 11) is 0. The van der Waals surface area contributed by atoms with Crippen LogP contribution in [0.1, 0.15) is 37.3 Å². The Labute approximate surface area is 142 Å². The summed E-state index contributed by atoms with van der Waals surface area (Å²) in [5.74, 6) is 0.0780. The van der Waals surface area contributed by atoms with Crippen molar-refractivity contribution >= 4 is 17.7 Å². The molecule has 0 aromatic heterocycles. The van der Waals surface area contributed by atoms with E-state index in [2.05, 4.69) is 19.2 Å². The van der Waals surface area contributed by atoms with Gasteiger partial charge in [0.25, 0.3) is 5.91 Å². The highest BCUT2D eigenvalue weighted by Gasteiger charge is 2.10. The molecule has 0 bridgehead atoms. The summed E-state index contributed by atoms with van der Waals surface area (Å²) < 4.78 is 0. The van der Waals surface area contributed by atoms with Gasteiger partial charge in [-0.25, -0.2) is 0 Å². The van der Waals surface area contributed by atoms with E-state index in [0.29, 0.717) is 17.2 Å². The fourth-order valence-electron chi connectivity index (χ4n) is 2.26. The smallest absolute Gasteiger partial charge is 0.266 e. The third kappa shape index (κ3) is 4.47. The number of aromatic hydroxyl groups is 1. The summed E-state index contributed by atoms with van der Waals surface area (Å²) in [6.07, 6.45) is 2.50. The van der Waals surface area contributed by atoms with Gasteiger partial charge in [-0.1, -0.05) is 38.1 Å². The van der Waals surface area contributed by atoms with Crippen molar-refractivity contribution in [1.82, 2.24) is 0 Å². The van der Waals surface area contributed by atoms with Crippen LogP contribution in [0.5, 0.6) is 5.75 Å². The number of anilines is 1. The number of rotatable bonds is 5. The zero-order valence-corrected chi connectivity index (χ0v) is 13.8. The molecule has 0 spiro atoms. The van der Waals surface area contributed by atoms with Crippen molar-refractivity contribution in [3.63, 3.8) is 0 Å². The molecule has 1 atom stereocenters. The van der Waals surface area contributed by atoms with Crippen LogP contribution in [-0.4, -0.2) is 11.0 Å². The van der Waals surface area contributed by atoms with Gasteiger partial charge in [-0.3, -0.25) is 4.79 Å². The van der Waals surface area contributed by atoms with Crippen molar-refractivity contribution in [3.8, 4) is 11.8 Å². The second-order valence-corrected chi connectivity index (χ2v) is 5.65. The minimum absolute atomic E-state index is 0.0217. The molecule has 0 radical (unpaired) electrons. The first kappa shape index (κ1) is 17.3. The van der Waals surface area contributed by atoms with Crippen molar-refractivity contribution in [2.45, 2.75) is 26.2 Å². The first-order valence-electron chi connectivity index (χ1n) is 7.85. The van der Waals surface area contributed by atoms with Crippen LogP contribution in [0.25, 0.3) is 6.08 Å². The van der Waals surface area contributed by atoms with Gasteiger partial charge < -0.3 is 10.4 Å². The van der Waals surface area contributed by atoms with Crippen molar-refractivity contribution in [3.05, 3.63) is 65.2 Å². The highest BCUT2D eigenvalue weighted by molar-refractivity contribution is 6.09. The first-order chi connectivity index (χ1) is 11.5. The summed E-state index contributed by atoms with van der Waals surface area (Å²) in [5, 5.41) is 21.4. The van der Waals surface area contributed by atoms with Gasteiger partial charge in [-0.15, -0.1) is 0 Å². The fourth-order valence-corrected chi connectivity index (χ4v) is 2.26. The van der Waals surface area contributed by atoms with E-state index in [1.807, 2.05) is 30.3 Å². The number of phenols is 1. The number of amides is 1. The molecular formula is C20H20N2O2. The lowest BCUT2D eigenvalue weighted by molar-refractivity contribution is -0.112. The van der Waals surface area contributed by atoms with E-state index in [9.17, 15) is 15.2 Å². The third-order valence-corrected chi connectivity index (χ3v) is 3.90. The van der Waals surface area contributed by atoms with Gasteiger partial charge in [-0.05, 0) is 53.8 Å². The molecule has 0 heterocycles. The Kier molecular flexibility index (Phi) is 5.75. The molecule has 1 unspecified atom stereocenters. The van der Waals surface area contributed by atoms with Gasteiger partial charge in [0.05, 0.1) is 0 Å². The lowest BCUT2D eigenvalue weighted by Gasteiger charge is -2.10. The second-order valence-electron chi connectivity index (χ2n) is 5.65. The number of phenolic OH excluding ortho intramolecular Hbond substituents is 1. The third-order valence-electron chi connectivity index (χ3n) is 3.90. The van der Waals surface area contributed by atoms with Gasteiger partial charge in [0, 0.05) is 5.69 Å². The molecule has 4 heteroatoms. The number of nitrogens with zero attached hydrogens (tertiary/aromatic N) is 1. The van der Waals surface area contributed by atoms with Crippen LogP contribution in [0.4, 0.5) is 5.69 Å². The Balaban J connectivity index is 2.14. The van der Waals surface area contributed by atoms with Crippen LogP contribution in [0.2, 0.25) is 0 Å². The molecular weight excluding hydrogens is 300 g/mol. The molecule has 4 nitrogen and oxygen atoms in total. The summed E-state index contributed by atoms with van der Waals surface area (Å²) in [4.78, 5) is 12.2. The molecule has 122 valence electrons. The highest BCUT2D eigenvalue weighted by atomic mass is 16.3. The molecule has 2 aromatic carbocycles. The Bertz CT molecular complexity index is 786. The number of benzene rings is 2. The van der Waals surface area contributed by atoms with Crippen molar-refractivity contribution in [2.75, 3.05) is 5.32 Å². The van der Waals surface area contributed by atoms with Gasteiger partial charge in [-0.2, -0.15) is 5.26 Å². The normalized spacial score (nSPS) is 12.3. The predicted octanol–water partition coefficient (Wildman–Crippen LogP) is 4.45. The van der Waals surface area contributed by atoms with Gasteiger partial charge >= 0.3 is 0 Å². The lowest BCUT2D eigenvalue weighted by atomic mass is 9.98. The topological polar surface area (TPSA) is 73.1 Å². The summed E-state index contributed by atoms with van der Waals surface area (Å²) in [5.41, 5.74) is 2.43. The summed E-state index contributed by atoms with van der Waals surface area (Å²) in [6.45, 7) is 4.28. The average Bonchev–Trinajstić information content (AvgIpc) is 2.59. The Morgan fingerprint density at radius 1 is 1.29 bits per heavy atom. The van der Waals surface area contributed by atoms with Crippen LogP contribution in [0, 0.1) is 11.3 Å². The zero-order chi connectivity index (χ0) is 17.5. The Morgan fingerprint density at radius 3 is 2.58 bits per heavy atom. The quantitative estimate of drug-likeness (QED) is 0.631. The number of carbonyl (C=O) groups excluding carboxylic acids is 1. The van der Waals surface area contributed by atoms with Crippen LogP contribution in [0.15, 0.2) is 54.1 Å². The van der Waals surface area contributed by atoms with Crippen molar-refractivity contribution in [1.29, 1.82) is 5.26 Å². The van der Waals surface area contributed by atoms with Crippen LogP contribution >= 0.6 is 0 Å². The minimum Gasteiger partial charge on any atom is -0.508 e. The predicted molar refractivity (Wildman–Crippen MR) is 95.5 cm³/mol. The van der Waals surface area contributed by atoms with E-state index in [1.54, 1.807) is 12.1 Å². The Morgan fingerprint density at radius 2 is 2.00 bits per heavy atom. The summed E-state index contributed by atoms with van der Waals surface area (Å²) >= 11 is 0. The zero-order valence-electron chi connectivity index (χ0n) is 13.8. The number of nitriles is 1. The maximum atomic E-state index is 12.2. The molecule has 0 aliphatic rings. The van der Waals surface area contributed by atoms with Crippen LogP contribution < -0.4 is 5.32 Å². The van der Waals surface area contributed by atoms with Crippen LogP contribution in [0.3, 0.4) is 0 Å². The number of hydrogen-bond acceptors (Lipinski definition) is 3. The number of hydrogen-bond donors (Lipinski definition) is 2. The van der Waals surface area contributed by atoms with Crippen molar-refractivity contribution in [2.24, 2.45) is 0 Å². The molecule has 2 N–H and O–H groups in total. The molecule has 0 saturated carbocycles. The van der Waals surface area contributed by atoms with Gasteiger partial charge in [0.1, 0.15) is 17.4 Å². The molecule has 0 fully saturated rings. The van der Waals surface area contributed by atoms with E-state index in [1.165, 1.54) is 23.8 Å². The minimum atomic E-state index is -0.475. The average molecular weight is 320 g/mol. The molecule has 0 aliphatic heterocycles. The van der Waals surface area contributed by atoms with E-state index < -0.39 is 5.91 Å². The number of nitrogens with one attached hydrogen (secondary N) is 1. The fraction of sp³-hybridized carbons (Fsp3) is 0.200. The van der Waals surface area contributed by atoms with E-state index in [0.717, 1.165) is 6.42 Å². The van der Waals surface area contributed by atoms with E-state index in [-0.39, 0.29) is 11.3 Å². The molecule has 1 amide bonds. The van der Waals surface area contributed by atoms with Crippen LogP contribution in [-0.2, 0) is 4.79 Å². The monoisotopic (exact) mass is 320 g/mol. The maximum Gasteiger partial charge on any atom is 0.266 e. The highest BCUT2D eigenvalue weighted by Crippen LogP contribution is 2.21. The van der Waals surface area contributed by atoms with Gasteiger partial charge in [0.15, 0.2) is 0 Å². The molecule has 0 aliphatic carbocycles. The summed E-state index contributed by atoms with van der Waals surface area (Å²) in [6, 6.07) is 15.9. The molecule has 24 heavy (non-hydrogen) atoms.